The van der Waals surface area contributed by atoms with Crippen molar-refractivity contribution in [1.82, 2.24) is 21.3 Å². The third-order valence-corrected chi connectivity index (χ3v) is 7.39. The molecule has 2 rings (SSSR count). The number of ether oxygens (including phenoxy) is 4. The van der Waals surface area contributed by atoms with Gasteiger partial charge in [-0.05, 0) is 61.9 Å². The molecule has 0 fully saturated rings. The van der Waals surface area contributed by atoms with Crippen LogP contribution in [0.4, 0.5) is 0 Å². The van der Waals surface area contributed by atoms with Crippen LogP contribution in [0, 0.1) is 5.92 Å². The van der Waals surface area contributed by atoms with E-state index < -0.39 is 59.7 Å². The van der Waals surface area contributed by atoms with Crippen LogP contribution in [0.5, 0.6) is 5.75 Å². The largest absolute Gasteiger partial charge is 0.489 e. The van der Waals surface area contributed by atoms with E-state index in [-0.39, 0.29) is 58.3 Å². The smallest absolute Gasteiger partial charge is 0.308 e. The van der Waals surface area contributed by atoms with Crippen molar-refractivity contribution >= 4 is 29.6 Å². The van der Waals surface area contributed by atoms with Crippen LogP contribution in [0.2, 0.25) is 0 Å². The van der Waals surface area contributed by atoms with E-state index >= 15 is 0 Å². The molecule has 0 aliphatic heterocycles. The SMILES string of the molecule is CC(=O)N[C@@H](Cc1ccc(OCc2ccccc2)cc1)C(=O)N[C@@H](CC(C)C)C(=O)N[C@@H](CC(=O)OC(C)(C)C)C(=O)NCCOCCOCCN=[N+]=[N-]. The molecule has 3 atom stereocenters. The van der Waals surface area contributed by atoms with Gasteiger partial charge in [-0.3, -0.25) is 24.0 Å². The average Bonchev–Trinajstić information content (AvgIpc) is 3.10. The highest BCUT2D eigenvalue weighted by molar-refractivity contribution is 5.95. The van der Waals surface area contributed by atoms with E-state index in [4.69, 9.17) is 24.5 Å². The maximum absolute atomic E-state index is 13.7. The zero-order chi connectivity index (χ0) is 39.9. The fraction of sp³-hybridized carbons (Fsp3) is 0.553. The van der Waals surface area contributed by atoms with E-state index in [9.17, 15) is 24.0 Å². The number of nitrogens with one attached hydrogen (secondary N) is 4. The third-order valence-electron chi connectivity index (χ3n) is 7.39. The van der Waals surface area contributed by atoms with Gasteiger partial charge in [-0.15, -0.1) is 0 Å². The number of rotatable bonds is 24. The molecule has 4 N–H and O–H groups in total. The van der Waals surface area contributed by atoms with Gasteiger partial charge >= 0.3 is 5.97 Å². The highest BCUT2D eigenvalue weighted by Gasteiger charge is 2.32. The zero-order valence-corrected chi connectivity index (χ0v) is 32.1. The highest BCUT2D eigenvalue weighted by atomic mass is 16.6. The topological polar surface area (TPSA) is 219 Å². The Morgan fingerprint density at radius 1 is 0.778 bits per heavy atom. The van der Waals surface area contributed by atoms with Crippen molar-refractivity contribution in [3.05, 3.63) is 76.2 Å². The second-order valence-electron chi connectivity index (χ2n) is 13.9. The lowest BCUT2D eigenvalue weighted by molar-refractivity contribution is -0.156. The standard InChI is InChI=1S/C38H55N7O9/c1-26(2)22-31(43-37(50)32(42-27(3)46)23-28-12-14-30(15-13-28)53-25-29-10-8-7-9-11-29)36(49)44-33(24-34(47)54-38(4,5)6)35(48)40-16-18-51-20-21-52-19-17-41-45-39/h7-15,26,31-33H,16-25H2,1-6H3,(H,40,48)(H,42,46)(H,43,50)(H,44,49)/t31-,32-,33-/m0/s1. The molecular weight excluding hydrogens is 698 g/mol. The van der Waals surface area contributed by atoms with Crippen molar-refractivity contribution in [2.75, 3.05) is 39.5 Å². The molecule has 2 aromatic carbocycles. The summed E-state index contributed by atoms with van der Waals surface area (Å²) in [6.45, 7) is 11.6. The lowest BCUT2D eigenvalue weighted by atomic mass is 10.0. The first-order valence-electron chi connectivity index (χ1n) is 18.0. The summed E-state index contributed by atoms with van der Waals surface area (Å²) in [5.74, 6) is -2.48. The molecule has 2 aromatic rings. The van der Waals surface area contributed by atoms with Gasteiger partial charge in [0.25, 0.3) is 0 Å². The monoisotopic (exact) mass is 753 g/mol. The first kappa shape index (κ1) is 45.0. The number of carbonyl (C=O) groups is 5. The maximum Gasteiger partial charge on any atom is 0.308 e. The summed E-state index contributed by atoms with van der Waals surface area (Å²) in [5, 5.41) is 14.1. The minimum atomic E-state index is -1.32. The first-order chi connectivity index (χ1) is 25.7. The van der Waals surface area contributed by atoms with Crippen LogP contribution in [-0.2, 0) is 51.2 Å². The van der Waals surface area contributed by atoms with E-state index in [1.165, 1.54) is 6.92 Å². The Balaban J connectivity index is 2.09. The van der Waals surface area contributed by atoms with Gasteiger partial charge < -0.3 is 40.2 Å². The minimum absolute atomic E-state index is 0.0537. The number of carbonyl (C=O) groups excluding carboxylic acids is 5. The molecule has 0 spiro atoms. The Morgan fingerprint density at radius 2 is 1.41 bits per heavy atom. The highest BCUT2D eigenvalue weighted by Crippen LogP contribution is 2.16. The van der Waals surface area contributed by atoms with Gasteiger partial charge in [0.1, 0.15) is 36.1 Å². The summed E-state index contributed by atoms with van der Waals surface area (Å²) in [6.07, 6.45) is -0.123. The molecule has 54 heavy (non-hydrogen) atoms. The van der Waals surface area contributed by atoms with Gasteiger partial charge in [0.2, 0.25) is 23.6 Å². The molecule has 4 amide bonds. The van der Waals surface area contributed by atoms with Crippen molar-refractivity contribution in [1.29, 1.82) is 0 Å². The van der Waals surface area contributed by atoms with Crippen molar-refractivity contribution in [2.24, 2.45) is 11.0 Å². The number of esters is 1. The Labute approximate surface area is 317 Å². The average molecular weight is 754 g/mol. The Hall–Kier alpha value is -5.18. The van der Waals surface area contributed by atoms with E-state index in [0.29, 0.717) is 12.4 Å². The Kier molecular flexibility index (Phi) is 20.2. The predicted octanol–water partition coefficient (Wildman–Crippen LogP) is 3.52. The second kappa shape index (κ2) is 24.2. The molecule has 0 unspecified atom stereocenters. The van der Waals surface area contributed by atoms with Crippen LogP contribution in [0.1, 0.15) is 65.5 Å². The summed E-state index contributed by atoms with van der Waals surface area (Å²) < 4.78 is 22.0. The van der Waals surface area contributed by atoms with Crippen molar-refractivity contribution in [3.8, 4) is 5.75 Å². The molecule has 16 nitrogen and oxygen atoms in total. The molecule has 0 saturated carbocycles. The van der Waals surface area contributed by atoms with Crippen LogP contribution in [-0.4, -0.2) is 92.8 Å². The number of hydrogen-bond donors (Lipinski definition) is 4. The van der Waals surface area contributed by atoms with E-state index in [1.807, 2.05) is 44.2 Å². The molecule has 0 aromatic heterocycles. The Bertz CT molecular complexity index is 1530. The zero-order valence-electron chi connectivity index (χ0n) is 32.1. The summed E-state index contributed by atoms with van der Waals surface area (Å²) in [4.78, 5) is 68.2. The fourth-order valence-corrected chi connectivity index (χ4v) is 5.00. The molecule has 296 valence electrons. The van der Waals surface area contributed by atoms with Crippen molar-refractivity contribution in [3.63, 3.8) is 0 Å². The van der Waals surface area contributed by atoms with Gasteiger partial charge in [-0.2, -0.15) is 0 Å². The van der Waals surface area contributed by atoms with Gasteiger partial charge in [-0.25, -0.2) is 0 Å². The molecule has 0 radical (unpaired) electrons. The van der Waals surface area contributed by atoms with Gasteiger partial charge in [0, 0.05) is 31.3 Å². The quantitative estimate of drug-likeness (QED) is 0.0405. The Morgan fingerprint density at radius 3 is 2.02 bits per heavy atom. The van der Waals surface area contributed by atoms with Gasteiger partial charge in [0.15, 0.2) is 0 Å². The van der Waals surface area contributed by atoms with Crippen LogP contribution >= 0.6 is 0 Å². The molecule has 0 aliphatic carbocycles. The minimum Gasteiger partial charge on any atom is -0.489 e. The maximum atomic E-state index is 13.7. The molecule has 16 heteroatoms. The normalized spacial score (nSPS) is 12.7. The molecule has 0 bridgehead atoms. The van der Waals surface area contributed by atoms with Crippen LogP contribution in [0.15, 0.2) is 59.7 Å². The van der Waals surface area contributed by atoms with Crippen LogP contribution in [0.25, 0.3) is 10.4 Å². The van der Waals surface area contributed by atoms with Gasteiger partial charge in [-0.1, -0.05) is 61.4 Å². The lowest BCUT2D eigenvalue weighted by Gasteiger charge is -2.27. The summed E-state index contributed by atoms with van der Waals surface area (Å²) in [5.41, 5.74) is 9.22. The fourth-order valence-electron chi connectivity index (χ4n) is 5.00. The molecule has 0 heterocycles. The molecular formula is C38H55N7O9. The van der Waals surface area contributed by atoms with E-state index in [1.54, 1.807) is 45.0 Å². The first-order valence-corrected chi connectivity index (χ1v) is 18.0. The lowest BCUT2D eigenvalue weighted by Crippen LogP contribution is -2.57. The number of amides is 4. The van der Waals surface area contributed by atoms with E-state index in [2.05, 4.69) is 31.3 Å². The number of hydrogen-bond acceptors (Lipinski definition) is 10. The summed E-state index contributed by atoms with van der Waals surface area (Å²) in [6, 6.07) is 13.4. The van der Waals surface area contributed by atoms with Crippen LogP contribution in [0.3, 0.4) is 0 Å². The third kappa shape index (κ3) is 19.6. The number of nitrogens with zero attached hydrogens (tertiary/aromatic N) is 3. The van der Waals surface area contributed by atoms with Crippen molar-refractivity contribution < 1.29 is 42.9 Å². The molecule has 0 saturated heterocycles. The number of azide groups is 1. The number of benzene rings is 2. The van der Waals surface area contributed by atoms with Crippen molar-refractivity contribution in [2.45, 2.75) is 91.1 Å². The summed E-state index contributed by atoms with van der Waals surface area (Å²) >= 11 is 0. The molecule has 0 aliphatic rings. The second-order valence-corrected chi connectivity index (χ2v) is 13.9. The predicted molar refractivity (Wildman–Crippen MR) is 201 cm³/mol. The summed E-state index contributed by atoms with van der Waals surface area (Å²) in [7, 11) is 0. The van der Waals surface area contributed by atoms with E-state index in [0.717, 1.165) is 11.1 Å². The van der Waals surface area contributed by atoms with Crippen LogP contribution < -0.4 is 26.0 Å². The van der Waals surface area contributed by atoms with Gasteiger partial charge in [0.05, 0.1) is 32.8 Å².